The van der Waals surface area contributed by atoms with Gasteiger partial charge in [-0.15, -0.1) is 11.3 Å². The van der Waals surface area contributed by atoms with Crippen molar-refractivity contribution >= 4 is 36.0 Å². The average molecular weight is 635 g/mol. The van der Waals surface area contributed by atoms with E-state index in [1.54, 1.807) is 0 Å². The minimum absolute atomic E-state index is 0.0272. The molecule has 2 bridgehead atoms. The van der Waals surface area contributed by atoms with E-state index in [1.165, 1.54) is 17.8 Å². The van der Waals surface area contributed by atoms with E-state index in [9.17, 15) is 9.59 Å². The number of benzene rings is 1. The van der Waals surface area contributed by atoms with E-state index in [0.717, 1.165) is 22.6 Å². The number of aryl methyl sites for hydroxylation is 3. The number of carbonyl (C=O) groups excluding carboxylic acids is 2. The predicted molar refractivity (Wildman–Crippen MR) is 176 cm³/mol. The number of rotatable bonds is 10. The van der Waals surface area contributed by atoms with E-state index < -0.39 is 12.7 Å². The Balaban J connectivity index is 1.20. The summed E-state index contributed by atoms with van der Waals surface area (Å²) in [6.07, 6.45) is 3.49. The van der Waals surface area contributed by atoms with Gasteiger partial charge >= 0.3 is 7.12 Å². The highest BCUT2D eigenvalue weighted by atomic mass is 32.1. The Morgan fingerprint density at radius 2 is 1.93 bits per heavy atom. The third kappa shape index (κ3) is 5.96. The first-order valence-corrected chi connectivity index (χ1v) is 17.2. The van der Waals surface area contributed by atoms with Crippen LogP contribution in [0.1, 0.15) is 91.8 Å². The van der Waals surface area contributed by atoms with Gasteiger partial charge in [0.1, 0.15) is 4.88 Å². The third-order valence-electron chi connectivity index (χ3n) is 10.7. The summed E-state index contributed by atoms with van der Waals surface area (Å²) in [6.45, 7) is 17.1. The fourth-order valence-corrected chi connectivity index (χ4v) is 9.05. The number of oxime groups is 1. The molecule has 2 aliphatic heterocycles. The van der Waals surface area contributed by atoms with Crippen LogP contribution in [0.25, 0.3) is 0 Å². The second-order valence-electron chi connectivity index (χ2n) is 15.0. The van der Waals surface area contributed by atoms with E-state index >= 15 is 0 Å². The lowest BCUT2D eigenvalue weighted by Crippen LogP contribution is -2.65. The van der Waals surface area contributed by atoms with Crippen molar-refractivity contribution in [3.63, 3.8) is 0 Å². The number of aromatic nitrogens is 1. The standard InChI is InChI=1S/C34H47BN4O5S/c1-19(2)12-28(35-42-27-15-24-14-26(32(24,6)7)33(27,8)43-35)38-31(41)34(16-23-11-9-10-20(3)13-23)17-25(39-44-34)18-36-30(40)29-21(4)37-22(5)45-29/h9-11,13,19,24,26-28H,12,14-18H2,1-8H3,(H,36,40)(H,38,41)/t24-,26-,27+,28-,33-,34?/m0/s1. The molecule has 2 aromatic rings. The van der Waals surface area contributed by atoms with Gasteiger partial charge in [-0.05, 0) is 75.7 Å². The second-order valence-corrected chi connectivity index (χ2v) is 16.2. The Morgan fingerprint density at radius 3 is 2.60 bits per heavy atom. The number of amides is 2. The Morgan fingerprint density at radius 1 is 1.16 bits per heavy atom. The van der Waals surface area contributed by atoms with E-state index in [2.05, 4.69) is 61.5 Å². The van der Waals surface area contributed by atoms with Crippen molar-refractivity contribution in [1.29, 1.82) is 0 Å². The van der Waals surface area contributed by atoms with Crippen LogP contribution in [0.4, 0.5) is 0 Å². The minimum atomic E-state index is -1.26. The van der Waals surface area contributed by atoms with Crippen molar-refractivity contribution in [2.75, 3.05) is 6.54 Å². The summed E-state index contributed by atoms with van der Waals surface area (Å²) in [7, 11) is -0.537. The Bertz CT molecular complexity index is 1510. The van der Waals surface area contributed by atoms with Gasteiger partial charge in [-0.1, -0.05) is 62.7 Å². The van der Waals surface area contributed by atoms with Gasteiger partial charge in [-0.3, -0.25) is 9.59 Å². The molecule has 0 radical (unpaired) electrons. The zero-order chi connectivity index (χ0) is 32.3. The summed E-state index contributed by atoms with van der Waals surface area (Å²) < 4.78 is 13.5. The van der Waals surface area contributed by atoms with Crippen LogP contribution in [-0.2, 0) is 25.4 Å². The second kappa shape index (κ2) is 11.8. The molecule has 5 aliphatic rings. The summed E-state index contributed by atoms with van der Waals surface area (Å²) in [5.41, 5.74) is 2.00. The quantitative estimate of drug-likeness (QED) is 0.341. The minimum Gasteiger partial charge on any atom is -0.404 e. The van der Waals surface area contributed by atoms with Crippen LogP contribution in [0.2, 0.25) is 0 Å². The lowest BCUT2D eigenvalue weighted by atomic mass is 9.43. The molecule has 1 unspecified atom stereocenters. The molecule has 2 N–H and O–H groups in total. The van der Waals surface area contributed by atoms with E-state index in [0.29, 0.717) is 46.9 Å². The molecule has 3 aliphatic carbocycles. The molecule has 6 atom stereocenters. The van der Waals surface area contributed by atoms with Crippen LogP contribution in [0.15, 0.2) is 29.4 Å². The molecule has 0 spiro atoms. The number of nitrogens with one attached hydrogen (secondary N) is 2. The zero-order valence-electron chi connectivity index (χ0n) is 27.9. The number of thiazole rings is 1. The Labute approximate surface area is 271 Å². The summed E-state index contributed by atoms with van der Waals surface area (Å²) in [6, 6.07) is 8.10. The maximum absolute atomic E-state index is 14.4. The van der Waals surface area contributed by atoms with E-state index in [4.69, 9.17) is 14.1 Å². The molecular weight excluding hydrogens is 587 g/mol. The topological polar surface area (TPSA) is 111 Å². The van der Waals surface area contributed by atoms with E-state index in [-0.39, 0.29) is 47.8 Å². The first-order valence-electron chi connectivity index (χ1n) is 16.4. The van der Waals surface area contributed by atoms with Gasteiger partial charge in [0.2, 0.25) is 5.60 Å². The molecule has 7 rings (SSSR count). The highest BCUT2D eigenvalue weighted by Gasteiger charge is 2.68. The molecule has 1 saturated heterocycles. The van der Waals surface area contributed by atoms with Crippen LogP contribution in [0.3, 0.4) is 0 Å². The van der Waals surface area contributed by atoms with Gasteiger partial charge in [-0.25, -0.2) is 4.98 Å². The molecule has 9 nitrogen and oxygen atoms in total. The molecule has 242 valence electrons. The van der Waals surface area contributed by atoms with E-state index in [1.807, 2.05) is 39.0 Å². The molecule has 11 heteroatoms. The smallest absolute Gasteiger partial charge is 0.404 e. The van der Waals surface area contributed by atoms with Crippen molar-refractivity contribution in [2.24, 2.45) is 28.3 Å². The molecule has 2 amide bonds. The molecule has 1 aromatic heterocycles. The summed E-state index contributed by atoms with van der Waals surface area (Å²) in [4.78, 5) is 38.4. The summed E-state index contributed by atoms with van der Waals surface area (Å²) >= 11 is 1.36. The zero-order valence-corrected chi connectivity index (χ0v) is 28.7. The van der Waals surface area contributed by atoms with Crippen molar-refractivity contribution in [3.8, 4) is 0 Å². The maximum Gasteiger partial charge on any atom is 0.481 e. The van der Waals surface area contributed by atoms with Crippen LogP contribution in [-0.4, -0.2) is 59.4 Å². The predicted octanol–water partition coefficient (Wildman–Crippen LogP) is 5.35. The van der Waals surface area contributed by atoms with Crippen molar-refractivity contribution in [3.05, 3.63) is 51.0 Å². The van der Waals surface area contributed by atoms with Crippen LogP contribution in [0, 0.1) is 43.9 Å². The monoisotopic (exact) mass is 634 g/mol. The first kappa shape index (κ1) is 32.2. The number of hydrogen-bond acceptors (Lipinski definition) is 8. The summed E-state index contributed by atoms with van der Waals surface area (Å²) in [5, 5.41) is 11.5. The van der Waals surface area contributed by atoms with Gasteiger partial charge in [0, 0.05) is 12.8 Å². The molecule has 3 heterocycles. The van der Waals surface area contributed by atoms with Crippen LogP contribution < -0.4 is 10.6 Å². The SMILES string of the molecule is Cc1cccc(CC2(C(=O)N[C@@H](CC(C)C)B3O[C@@H]4C[C@@H]5C[C@@H](C5(C)C)[C@]4(C)O3)CC(CNC(=O)c3sc(C)nc3C)=NO2)c1. The normalized spacial score (nSPS) is 30.3. The van der Waals surface area contributed by atoms with Gasteiger partial charge < -0.3 is 24.8 Å². The fraction of sp³-hybridized carbons (Fsp3) is 0.647. The van der Waals surface area contributed by atoms with Gasteiger partial charge in [0.25, 0.3) is 11.8 Å². The van der Waals surface area contributed by atoms with Gasteiger partial charge in [-0.2, -0.15) is 0 Å². The lowest BCUT2D eigenvalue weighted by Gasteiger charge is -2.64. The van der Waals surface area contributed by atoms with Crippen LogP contribution >= 0.6 is 11.3 Å². The number of hydrogen-bond donors (Lipinski definition) is 2. The number of carbonyl (C=O) groups is 2. The molecule has 3 saturated carbocycles. The maximum atomic E-state index is 14.4. The molecule has 1 aromatic carbocycles. The number of nitrogens with zero attached hydrogens (tertiary/aromatic N) is 2. The average Bonchev–Trinajstić information content (AvgIpc) is 3.65. The highest BCUT2D eigenvalue weighted by Crippen LogP contribution is 2.65. The molecular formula is C34H47BN4O5S. The fourth-order valence-electron chi connectivity index (χ4n) is 8.21. The highest BCUT2D eigenvalue weighted by molar-refractivity contribution is 7.13. The Kier molecular flexibility index (Phi) is 8.44. The Hall–Kier alpha value is -2.76. The first-order chi connectivity index (χ1) is 21.2. The van der Waals surface area contributed by atoms with Crippen molar-refractivity contribution in [2.45, 2.75) is 111 Å². The van der Waals surface area contributed by atoms with Gasteiger partial charge in [0.15, 0.2) is 0 Å². The third-order valence-corrected chi connectivity index (χ3v) is 11.8. The largest absolute Gasteiger partial charge is 0.481 e. The van der Waals surface area contributed by atoms with Crippen molar-refractivity contribution < 1.29 is 23.7 Å². The van der Waals surface area contributed by atoms with Gasteiger partial charge in [0.05, 0.1) is 40.6 Å². The van der Waals surface area contributed by atoms with Crippen LogP contribution in [0.5, 0.6) is 0 Å². The summed E-state index contributed by atoms with van der Waals surface area (Å²) in [5.74, 6) is 0.589. The van der Waals surface area contributed by atoms with Crippen molar-refractivity contribution in [1.82, 2.24) is 15.6 Å². The lowest BCUT2D eigenvalue weighted by molar-refractivity contribution is -0.199. The molecule has 45 heavy (non-hydrogen) atoms. The molecule has 4 fully saturated rings.